The molecular weight excluding hydrogens is 365 g/mol. The predicted molar refractivity (Wildman–Crippen MR) is 100 cm³/mol. The topological polar surface area (TPSA) is 87.9 Å². The minimum Gasteiger partial charge on any atom is -0.496 e. The smallest absolute Gasteiger partial charge is 0.252 e. The van der Waals surface area contributed by atoms with E-state index in [1.807, 2.05) is 13.8 Å². The molecule has 1 aliphatic heterocycles. The normalized spacial score (nSPS) is 24.9. The van der Waals surface area contributed by atoms with Gasteiger partial charge in [-0.1, -0.05) is 20.3 Å². The summed E-state index contributed by atoms with van der Waals surface area (Å²) in [6.07, 6.45) is 3.99. The summed E-state index contributed by atoms with van der Waals surface area (Å²) >= 11 is 0. The number of hydrogen-bond donors (Lipinski definition) is 1. The van der Waals surface area contributed by atoms with Crippen LogP contribution in [-0.4, -0.2) is 31.2 Å². The maximum atomic E-state index is 14.6. The molecule has 7 heteroatoms. The fraction of sp³-hybridized carbons (Fsp3) is 0.524. The highest BCUT2D eigenvalue weighted by molar-refractivity contribution is 5.96. The van der Waals surface area contributed by atoms with Gasteiger partial charge in [0.25, 0.3) is 5.91 Å². The van der Waals surface area contributed by atoms with Crippen LogP contribution in [0.15, 0.2) is 24.0 Å². The van der Waals surface area contributed by atoms with Crippen LogP contribution in [0.4, 0.5) is 4.39 Å². The fourth-order valence-electron chi connectivity index (χ4n) is 4.22. The van der Waals surface area contributed by atoms with Crippen molar-refractivity contribution in [2.45, 2.75) is 45.1 Å². The number of hydrogen-bond acceptors (Lipinski definition) is 5. The van der Waals surface area contributed by atoms with E-state index in [1.54, 1.807) is 0 Å². The number of fused-ring (bicyclic) bond motifs is 1. The van der Waals surface area contributed by atoms with E-state index in [2.05, 4.69) is 0 Å². The number of methoxy groups -OCH3 is 1. The fourth-order valence-corrected chi connectivity index (χ4v) is 4.22. The van der Waals surface area contributed by atoms with Crippen LogP contribution in [0.1, 0.15) is 49.0 Å². The molecule has 2 N–H and O–H groups in total. The second-order valence-corrected chi connectivity index (χ2v) is 7.51. The Hall–Kier alpha value is -2.41. The van der Waals surface area contributed by atoms with Crippen LogP contribution >= 0.6 is 0 Å². The summed E-state index contributed by atoms with van der Waals surface area (Å²) in [5.41, 5.74) is 5.10. The summed E-state index contributed by atoms with van der Waals surface area (Å²) in [4.78, 5) is 24.0. The average molecular weight is 391 g/mol. The maximum Gasteiger partial charge on any atom is 0.252 e. The molecule has 0 saturated carbocycles. The first-order valence-corrected chi connectivity index (χ1v) is 9.51. The summed E-state index contributed by atoms with van der Waals surface area (Å²) in [6, 6.07) is 2.60. The van der Waals surface area contributed by atoms with Gasteiger partial charge in [-0.15, -0.1) is 0 Å². The lowest BCUT2D eigenvalue weighted by Crippen LogP contribution is -2.45. The molecule has 3 rings (SSSR count). The van der Waals surface area contributed by atoms with E-state index >= 15 is 0 Å². The Morgan fingerprint density at radius 1 is 1.46 bits per heavy atom. The van der Waals surface area contributed by atoms with Crippen LogP contribution in [-0.2, 0) is 20.7 Å². The van der Waals surface area contributed by atoms with Crippen molar-refractivity contribution >= 4 is 11.7 Å². The molecule has 1 aromatic carbocycles. The van der Waals surface area contributed by atoms with Gasteiger partial charge >= 0.3 is 0 Å². The largest absolute Gasteiger partial charge is 0.496 e. The zero-order valence-electron chi connectivity index (χ0n) is 16.4. The minimum absolute atomic E-state index is 0.0526. The summed E-state index contributed by atoms with van der Waals surface area (Å²) in [5.74, 6) is -0.815. The van der Waals surface area contributed by atoms with E-state index in [4.69, 9.17) is 19.9 Å². The van der Waals surface area contributed by atoms with Gasteiger partial charge in [0.05, 0.1) is 12.7 Å². The molecule has 1 aromatic rings. The molecule has 3 atom stereocenters. The van der Waals surface area contributed by atoms with Crippen LogP contribution in [0, 0.1) is 17.7 Å². The standard InChI is InChI=1S/C21H26FNO5/c1-4-5-13-10-21(19(9-17(13)24)27-11-28-21)12(2)6-14-7-15(20(23)25)18(26-3)8-16(14)22/h7-9,12-13H,4-6,10-11H2,1-3H3,(H2,23,25)/t12?,13-,21+/m0/s1. The van der Waals surface area contributed by atoms with Crippen molar-refractivity contribution in [2.24, 2.45) is 17.6 Å². The van der Waals surface area contributed by atoms with E-state index in [9.17, 15) is 14.0 Å². The number of halogens is 1. The van der Waals surface area contributed by atoms with E-state index < -0.39 is 17.3 Å². The first-order chi connectivity index (χ1) is 13.3. The minimum atomic E-state index is -0.771. The first kappa shape index (κ1) is 20.3. The van der Waals surface area contributed by atoms with Crippen molar-refractivity contribution in [1.29, 1.82) is 0 Å². The molecule has 1 saturated heterocycles. The van der Waals surface area contributed by atoms with Gasteiger partial charge < -0.3 is 19.9 Å². The van der Waals surface area contributed by atoms with Gasteiger partial charge in [-0.25, -0.2) is 4.39 Å². The molecule has 0 spiro atoms. The highest BCUT2D eigenvalue weighted by Crippen LogP contribution is 2.46. The van der Waals surface area contributed by atoms with Gasteiger partial charge in [-0.3, -0.25) is 9.59 Å². The SMILES string of the molecule is CCC[C@H]1C[C@]2(C(C)Cc3cc(C(N)=O)c(OC)cc3F)OCOC2=CC1=O. The van der Waals surface area contributed by atoms with Crippen LogP contribution in [0.25, 0.3) is 0 Å². The number of rotatable bonds is 7. The van der Waals surface area contributed by atoms with Crippen molar-refractivity contribution in [3.8, 4) is 5.75 Å². The number of allylic oxidation sites excluding steroid dienone is 1. The molecule has 1 amide bonds. The van der Waals surface area contributed by atoms with Gasteiger partial charge in [-0.2, -0.15) is 0 Å². The molecule has 0 aromatic heterocycles. The highest BCUT2D eigenvalue weighted by Gasteiger charge is 2.51. The van der Waals surface area contributed by atoms with Gasteiger partial charge in [-0.05, 0) is 36.8 Å². The van der Waals surface area contributed by atoms with Crippen LogP contribution in [0.2, 0.25) is 0 Å². The van der Waals surface area contributed by atoms with Crippen molar-refractivity contribution in [3.05, 3.63) is 40.9 Å². The zero-order valence-corrected chi connectivity index (χ0v) is 16.4. The number of benzene rings is 1. The third-order valence-electron chi connectivity index (χ3n) is 5.77. The van der Waals surface area contributed by atoms with Gasteiger partial charge in [0.15, 0.2) is 12.6 Å². The molecule has 6 nitrogen and oxygen atoms in total. The molecular formula is C21H26FNO5. The van der Waals surface area contributed by atoms with Crippen LogP contribution in [0.5, 0.6) is 5.75 Å². The average Bonchev–Trinajstić information content (AvgIpc) is 3.07. The number of amides is 1. The van der Waals surface area contributed by atoms with Crippen molar-refractivity contribution < 1.29 is 28.2 Å². The Labute approximate surface area is 163 Å². The third kappa shape index (κ3) is 3.51. The van der Waals surface area contributed by atoms with Crippen molar-refractivity contribution in [1.82, 2.24) is 0 Å². The molecule has 1 aliphatic carbocycles. The van der Waals surface area contributed by atoms with Gasteiger partial charge in [0.2, 0.25) is 0 Å². The predicted octanol–water partition coefficient (Wildman–Crippen LogP) is 3.13. The number of carbonyl (C=O) groups is 2. The summed E-state index contributed by atoms with van der Waals surface area (Å²) in [7, 11) is 1.36. The molecule has 1 unspecified atom stereocenters. The Bertz CT molecular complexity index is 821. The molecule has 1 heterocycles. The molecule has 1 fully saturated rings. The Kier molecular flexibility index (Phi) is 5.74. The molecule has 152 valence electrons. The lowest BCUT2D eigenvalue weighted by atomic mass is 9.71. The summed E-state index contributed by atoms with van der Waals surface area (Å²) in [5, 5.41) is 0. The van der Waals surface area contributed by atoms with Crippen LogP contribution in [0.3, 0.4) is 0 Å². The van der Waals surface area contributed by atoms with E-state index in [0.29, 0.717) is 24.2 Å². The van der Waals surface area contributed by atoms with E-state index in [0.717, 1.165) is 12.8 Å². The van der Waals surface area contributed by atoms with Crippen molar-refractivity contribution in [2.75, 3.05) is 13.9 Å². The molecule has 2 aliphatic rings. The van der Waals surface area contributed by atoms with Crippen molar-refractivity contribution in [3.63, 3.8) is 0 Å². The molecule has 28 heavy (non-hydrogen) atoms. The second-order valence-electron chi connectivity index (χ2n) is 7.51. The van der Waals surface area contributed by atoms with Gasteiger partial charge in [0.1, 0.15) is 22.9 Å². The molecule has 0 bridgehead atoms. The second kappa shape index (κ2) is 7.91. The Morgan fingerprint density at radius 3 is 2.86 bits per heavy atom. The number of ketones is 1. The first-order valence-electron chi connectivity index (χ1n) is 9.51. The highest BCUT2D eigenvalue weighted by atomic mass is 19.1. The number of primary amides is 1. The quantitative estimate of drug-likeness (QED) is 0.772. The number of ether oxygens (including phenoxy) is 3. The summed E-state index contributed by atoms with van der Waals surface area (Å²) in [6.45, 7) is 4.04. The van der Waals surface area contributed by atoms with Crippen LogP contribution < -0.4 is 10.5 Å². The third-order valence-corrected chi connectivity index (χ3v) is 5.77. The van der Waals surface area contributed by atoms with E-state index in [-0.39, 0.29) is 35.7 Å². The Morgan fingerprint density at radius 2 is 2.21 bits per heavy atom. The molecule has 0 radical (unpaired) electrons. The maximum absolute atomic E-state index is 14.6. The lowest BCUT2D eigenvalue weighted by Gasteiger charge is -2.38. The lowest BCUT2D eigenvalue weighted by molar-refractivity contribution is -0.123. The number of carbonyl (C=O) groups excluding carboxylic acids is 2. The number of nitrogens with two attached hydrogens (primary N) is 1. The summed E-state index contributed by atoms with van der Waals surface area (Å²) < 4.78 is 31.2. The van der Waals surface area contributed by atoms with E-state index in [1.165, 1.54) is 25.3 Å². The monoisotopic (exact) mass is 391 g/mol. The van der Waals surface area contributed by atoms with Gasteiger partial charge in [0, 0.05) is 18.1 Å². The Balaban J connectivity index is 1.93. The zero-order chi connectivity index (χ0) is 20.5.